The maximum atomic E-state index is 9.21. The Morgan fingerprint density at radius 2 is 2.26 bits per heavy atom. The van der Waals surface area contributed by atoms with E-state index in [1.54, 1.807) is 6.20 Å². The van der Waals surface area contributed by atoms with Crippen molar-refractivity contribution in [2.24, 2.45) is 5.92 Å². The third kappa shape index (κ3) is 2.75. The van der Waals surface area contributed by atoms with Gasteiger partial charge in [-0.05, 0) is 47.7 Å². The second-order valence-electron chi connectivity index (χ2n) is 5.36. The third-order valence-electron chi connectivity index (χ3n) is 3.71. The fraction of sp³-hybridized carbons (Fsp3) is 0.571. The first kappa shape index (κ1) is 12.9. The van der Waals surface area contributed by atoms with Crippen molar-refractivity contribution in [2.75, 3.05) is 18.0 Å². The van der Waals surface area contributed by atoms with Crippen LogP contribution in [0.2, 0.25) is 0 Å². The highest BCUT2D eigenvalue weighted by Gasteiger charge is 2.37. The van der Waals surface area contributed by atoms with Gasteiger partial charge in [-0.3, -0.25) is 0 Å². The largest absolute Gasteiger partial charge is 0.371 e. The van der Waals surface area contributed by atoms with Gasteiger partial charge < -0.3 is 9.64 Å². The van der Waals surface area contributed by atoms with Crippen molar-refractivity contribution >= 4 is 21.6 Å². The molecule has 1 aromatic rings. The van der Waals surface area contributed by atoms with E-state index < -0.39 is 0 Å². The molecule has 0 amide bonds. The van der Waals surface area contributed by atoms with Crippen molar-refractivity contribution in [3.8, 4) is 6.07 Å². The van der Waals surface area contributed by atoms with E-state index in [0.29, 0.717) is 17.7 Å². The first-order valence-corrected chi connectivity index (χ1v) is 7.42. The van der Waals surface area contributed by atoms with Gasteiger partial charge in [0.25, 0.3) is 0 Å². The summed E-state index contributed by atoms with van der Waals surface area (Å²) in [7, 11) is 0. The summed E-state index contributed by atoms with van der Waals surface area (Å²) < 4.78 is 6.92. The van der Waals surface area contributed by atoms with Crippen LogP contribution in [0.5, 0.6) is 0 Å². The van der Waals surface area contributed by atoms with Gasteiger partial charge in [-0.1, -0.05) is 0 Å². The molecule has 0 N–H and O–H groups in total. The summed E-state index contributed by atoms with van der Waals surface area (Å²) in [6.45, 7) is 3.77. The SMILES string of the molecule is CC1CN(c2cc(Br)cnc2C#N)CC(C2CC2)O1. The molecule has 2 unspecified atom stereocenters. The van der Waals surface area contributed by atoms with Crippen LogP contribution >= 0.6 is 15.9 Å². The summed E-state index contributed by atoms with van der Waals surface area (Å²) in [6, 6.07) is 4.16. The molecule has 1 aliphatic carbocycles. The molecule has 2 heterocycles. The molecule has 5 heteroatoms. The number of hydrogen-bond acceptors (Lipinski definition) is 4. The van der Waals surface area contributed by atoms with Crippen molar-refractivity contribution < 1.29 is 4.74 Å². The lowest BCUT2D eigenvalue weighted by Crippen LogP contribution is -2.47. The fourth-order valence-corrected chi connectivity index (χ4v) is 2.99. The number of rotatable bonds is 2. The van der Waals surface area contributed by atoms with Crippen molar-refractivity contribution in [2.45, 2.75) is 32.0 Å². The minimum absolute atomic E-state index is 0.199. The van der Waals surface area contributed by atoms with Gasteiger partial charge in [0.2, 0.25) is 0 Å². The molecule has 3 rings (SSSR count). The predicted octanol–water partition coefficient (Wildman–Crippen LogP) is 2.72. The second-order valence-corrected chi connectivity index (χ2v) is 6.28. The number of nitriles is 1. The zero-order valence-corrected chi connectivity index (χ0v) is 12.4. The van der Waals surface area contributed by atoms with E-state index in [4.69, 9.17) is 4.74 Å². The van der Waals surface area contributed by atoms with Gasteiger partial charge in [0.05, 0.1) is 17.9 Å². The van der Waals surface area contributed by atoms with Crippen LogP contribution in [0.1, 0.15) is 25.5 Å². The second kappa shape index (κ2) is 5.10. The summed E-state index contributed by atoms with van der Waals surface area (Å²) in [5.41, 5.74) is 1.41. The number of ether oxygens (including phenoxy) is 1. The lowest BCUT2D eigenvalue weighted by atomic mass is 10.1. The molecule has 0 aromatic carbocycles. The first-order chi connectivity index (χ1) is 9.17. The van der Waals surface area contributed by atoms with Crippen LogP contribution in [0.15, 0.2) is 16.7 Å². The standard InChI is InChI=1S/C14H16BrN3O/c1-9-7-18(8-14(19-9)10-2-3-10)13-4-11(15)6-17-12(13)5-16/h4,6,9-10,14H,2-3,7-8H2,1H3. The number of aromatic nitrogens is 1. The highest BCUT2D eigenvalue weighted by atomic mass is 79.9. The monoisotopic (exact) mass is 321 g/mol. The van der Waals surface area contributed by atoms with Gasteiger partial charge in [0.15, 0.2) is 5.69 Å². The molecule has 2 aliphatic rings. The lowest BCUT2D eigenvalue weighted by molar-refractivity contribution is -0.0271. The van der Waals surface area contributed by atoms with E-state index >= 15 is 0 Å². The minimum atomic E-state index is 0.199. The third-order valence-corrected chi connectivity index (χ3v) is 4.15. The summed E-state index contributed by atoms with van der Waals surface area (Å²) in [5.74, 6) is 0.705. The normalized spacial score (nSPS) is 27.1. The molecule has 1 saturated heterocycles. The van der Waals surface area contributed by atoms with Crippen LogP contribution < -0.4 is 4.90 Å². The molecule has 0 spiro atoms. The first-order valence-electron chi connectivity index (χ1n) is 6.63. The molecule has 2 atom stereocenters. The number of morpholine rings is 1. The van der Waals surface area contributed by atoms with Crippen molar-refractivity contribution in [3.63, 3.8) is 0 Å². The van der Waals surface area contributed by atoms with E-state index in [-0.39, 0.29) is 6.10 Å². The predicted molar refractivity (Wildman–Crippen MR) is 75.9 cm³/mol. The quantitative estimate of drug-likeness (QED) is 0.840. The van der Waals surface area contributed by atoms with E-state index in [0.717, 1.165) is 23.2 Å². The van der Waals surface area contributed by atoms with Crippen molar-refractivity contribution in [3.05, 3.63) is 22.4 Å². The van der Waals surface area contributed by atoms with E-state index in [2.05, 4.69) is 38.8 Å². The maximum Gasteiger partial charge on any atom is 0.163 e. The highest BCUT2D eigenvalue weighted by Crippen LogP contribution is 2.38. The molecule has 0 radical (unpaired) electrons. The van der Waals surface area contributed by atoms with Gasteiger partial charge in [-0.25, -0.2) is 4.98 Å². The Labute approximate surface area is 121 Å². The Morgan fingerprint density at radius 1 is 1.47 bits per heavy atom. The number of pyridine rings is 1. The van der Waals surface area contributed by atoms with E-state index in [1.807, 2.05) is 6.07 Å². The molecule has 1 aliphatic heterocycles. The van der Waals surface area contributed by atoms with Crippen molar-refractivity contribution in [1.82, 2.24) is 4.98 Å². The number of halogens is 1. The summed E-state index contributed by atoms with van der Waals surface area (Å²) in [6.07, 6.45) is 4.71. The minimum Gasteiger partial charge on any atom is -0.371 e. The smallest absolute Gasteiger partial charge is 0.163 e. The van der Waals surface area contributed by atoms with Crippen LogP contribution in [0.4, 0.5) is 5.69 Å². The Balaban J connectivity index is 1.88. The number of anilines is 1. The lowest BCUT2D eigenvalue weighted by Gasteiger charge is -2.38. The van der Waals surface area contributed by atoms with Crippen LogP contribution in [0.3, 0.4) is 0 Å². The molecule has 0 bridgehead atoms. The van der Waals surface area contributed by atoms with Crippen LogP contribution in [0.25, 0.3) is 0 Å². The molecule has 2 fully saturated rings. The van der Waals surface area contributed by atoms with Gasteiger partial charge >= 0.3 is 0 Å². The zero-order valence-electron chi connectivity index (χ0n) is 10.8. The highest BCUT2D eigenvalue weighted by molar-refractivity contribution is 9.10. The maximum absolute atomic E-state index is 9.21. The topological polar surface area (TPSA) is 49.2 Å². The average Bonchev–Trinajstić information content (AvgIpc) is 3.22. The zero-order chi connectivity index (χ0) is 13.4. The molecule has 4 nitrogen and oxygen atoms in total. The van der Waals surface area contributed by atoms with E-state index in [9.17, 15) is 5.26 Å². The molecule has 100 valence electrons. The number of nitrogens with zero attached hydrogens (tertiary/aromatic N) is 3. The molecule has 1 saturated carbocycles. The summed E-state index contributed by atoms with van der Waals surface area (Å²) in [4.78, 5) is 6.44. The van der Waals surface area contributed by atoms with E-state index in [1.165, 1.54) is 12.8 Å². The van der Waals surface area contributed by atoms with Crippen LogP contribution in [-0.4, -0.2) is 30.3 Å². The fourth-order valence-electron chi connectivity index (χ4n) is 2.67. The summed E-state index contributed by atoms with van der Waals surface area (Å²) >= 11 is 3.43. The molecular formula is C14H16BrN3O. The Bertz CT molecular complexity index is 524. The molecular weight excluding hydrogens is 306 g/mol. The Kier molecular flexibility index (Phi) is 3.46. The van der Waals surface area contributed by atoms with Crippen LogP contribution in [0, 0.1) is 17.2 Å². The average molecular weight is 322 g/mol. The van der Waals surface area contributed by atoms with Gasteiger partial charge in [-0.15, -0.1) is 0 Å². The van der Waals surface area contributed by atoms with Gasteiger partial charge in [0, 0.05) is 23.8 Å². The van der Waals surface area contributed by atoms with Crippen molar-refractivity contribution in [1.29, 1.82) is 5.26 Å². The van der Waals surface area contributed by atoms with Crippen LogP contribution in [-0.2, 0) is 4.74 Å². The van der Waals surface area contributed by atoms with Gasteiger partial charge in [0.1, 0.15) is 6.07 Å². The Morgan fingerprint density at radius 3 is 2.95 bits per heavy atom. The van der Waals surface area contributed by atoms with Gasteiger partial charge in [-0.2, -0.15) is 5.26 Å². The number of hydrogen-bond donors (Lipinski definition) is 0. The summed E-state index contributed by atoms with van der Waals surface area (Å²) in [5, 5.41) is 9.21. The molecule has 19 heavy (non-hydrogen) atoms. The Hall–Kier alpha value is -1.12. The molecule has 1 aromatic heterocycles.